The van der Waals surface area contributed by atoms with Crippen molar-refractivity contribution in [2.45, 2.75) is 65.3 Å². The van der Waals surface area contributed by atoms with Gasteiger partial charge in [0.25, 0.3) is 0 Å². The van der Waals surface area contributed by atoms with Crippen molar-refractivity contribution in [1.82, 2.24) is 10.6 Å². The monoisotopic (exact) mass is 242 g/mol. The van der Waals surface area contributed by atoms with Gasteiger partial charge in [0.05, 0.1) is 0 Å². The SMILES string of the molecule is CCCCNC(=S)NC1CCCCC1(C)C. The molecule has 3 heteroatoms. The molecule has 1 atom stereocenters. The van der Waals surface area contributed by atoms with E-state index < -0.39 is 0 Å². The fourth-order valence-corrected chi connectivity index (χ4v) is 2.59. The van der Waals surface area contributed by atoms with Gasteiger partial charge in [-0.25, -0.2) is 0 Å². The van der Waals surface area contributed by atoms with Crippen LogP contribution in [-0.4, -0.2) is 17.7 Å². The molecular weight excluding hydrogens is 216 g/mol. The summed E-state index contributed by atoms with van der Waals surface area (Å²) < 4.78 is 0. The molecule has 16 heavy (non-hydrogen) atoms. The Hall–Kier alpha value is -0.310. The van der Waals surface area contributed by atoms with Crippen LogP contribution in [0.1, 0.15) is 59.3 Å². The quantitative estimate of drug-likeness (QED) is 0.585. The smallest absolute Gasteiger partial charge is 0.166 e. The predicted octanol–water partition coefficient (Wildman–Crippen LogP) is 3.22. The maximum absolute atomic E-state index is 5.33. The third-order valence-electron chi connectivity index (χ3n) is 3.63. The van der Waals surface area contributed by atoms with Crippen molar-refractivity contribution >= 4 is 17.3 Å². The largest absolute Gasteiger partial charge is 0.363 e. The van der Waals surface area contributed by atoms with Crippen LogP contribution in [-0.2, 0) is 0 Å². The number of unbranched alkanes of at least 4 members (excludes halogenated alkanes) is 1. The zero-order valence-electron chi connectivity index (χ0n) is 10.9. The average Bonchev–Trinajstić information content (AvgIpc) is 2.21. The molecule has 1 saturated carbocycles. The fraction of sp³-hybridized carbons (Fsp3) is 0.923. The molecule has 0 aliphatic heterocycles. The molecule has 1 fully saturated rings. The first-order valence-corrected chi connectivity index (χ1v) is 7.01. The first kappa shape index (κ1) is 13.8. The van der Waals surface area contributed by atoms with E-state index in [0.717, 1.165) is 11.7 Å². The van der Waals surface area contributed by atoms with Crippen LogP contribution in [0.4, 0.5) is 0 Å². The molecule has 0 saturated heterocycles. The summed E-state index contributed by atoms with van der Waals surface area (Å²) in [6.45, 7) is 7.88. The molecule has 1 rings (SSSR count). The molecule has 0 radical (unpaired) electrons. The van der Waals surface area contributed by atoms with Crippen molar-refractivity contribution in [1.29, 1.82) is 0 Å². The minimum atomic E-state index is 0.384. The summed E-state index contributed by atoms with van der Waals surface area (Å²) in [5, 5.41) is 7.62. The molecule has 2 nitrogen and oxygen atoms in total. The Labute approximate surface area is 106 Å². The van der Waals surface area contributed by atoms with Gasteiger partial charge in [-0.15, -0.1) is 0 Å². The highest BCUT2D eigenvalue weighted by atomic mass is 32.1. The highest BCUT2D eigenvalue weighted by Gasteiger charge is 2.32. The molecule has 2 N–H and O–H groups in total. The van der Waals surface area contributed by atoms with Crippen molar-refractivity contribution in [2.24, 2.45) is 5.41 Å². The van der Waals surface area contributed by atoms with E-state index in [9.17, 15) is 0 Å². The van der Waals surface area contributed by atoms with E-state index >= 15 is 0 Å². The summed E-state index contributed by atoms with van der Waals surface area (Å²) in [5.74, 6) is 0. The van der Waals surface area contributed by atoms with Gasteiger partial charge in [0.1, 0.15) is 0 Å². The van der Waals surface area contributed by atoms with Crippen molar-refractivity contribution in [2.75, 3.05) is 6.54 Å². The predicted molar refractivity (Wildman–Crippen MR) is 74.7 cm³/mol. The Morgan fingerprint density at radius 1 is 1.38 bits per heavy atom. The van der Waals surface area contributed by atoms with Crippen LogP contribution in [0.5, 0.6) is 0 Å². The maximum Gasteiger partial charge on any atom is 0.166 e. The zero-order valence-corrected chi connectivity index (χ0v) is 11.8. The summed E-state index contributed by atoms with van der Waals surface area (Å²) in [7, 11) is 0. The minimum Gasteiger partial charge on any atom is -0.363 e. The Morgan fingerprint density at radius 3 is 2.75 bits per heavy atom. The number of rotatable bonds is 4. The molecule has 1 aliphatic rings. The Morgan fingerprint density at radius 2 is 2.12 bits per heavy atom. The van der Waals surface area contributed by atoms with E-state index in [0.29, 0.717) is 11.5 Å². The third-order valence-corrected chi connectivity index (χ3v) is 3.89. The number of nitrogens with one attached hydrogen (secondary N) is 2. The molecule has 1 unspecified atom stereocenters. The van der Waals surface area contributed by atoms with Crippen LogP contribution in [0, 0.1) is 5.41 Å². The normalized spacial score (nSPS) is 23.8. The minimum absolute atomic E-state index is 0.384. The van der Waals surface area contributed by atoms with Gasteiger partial charge in [0, 0.05) is 12.6 Å². The molecule has 0 aromatic heterocycles. The zero-order chi connectivity index (χ0) is 12.0. The van der Waals surface area contributed by atoms with Crippen LogP contribution in [0.3, 0.4) is 0 Å². The summed E-state index contributed by atoms with van der Waals surface area (Å²) in [5.41, 5.74) is 0.384. The highest BCUT2D eigenvalue weighted by Crippen LogP contribution is 2.35. The molecule has 0 bridgehead atoms. The summed E-state index contributed by atoms with van der Waals surface area (Å²) in [6.07, 6.45) is 7.66. The Kier molecular flexibility index (Phi) is 5.53. The Balaban J connectivity index is 2.31. The first-order chi connectivity index (χ1) is 7.56. The molecular formula is C13H26N2S. The number of hydrogen-bond donors (Lipinski definition) is 2. The summed E-state index contributed by atoms with van der Waals surface area (Å²) in [6, 6.07) is 0.544. The third kappa shape index (κ3) is 4.28. The standard InChI is InChI=1S/C13H26N2S/c1-4-5-10-14-12(16)15-11-8-6-7-9-13(11,2)3/h11H,4-10H2,1-3H3,(H2,14,15,16). The molecule has 0 spiro atoms. The number of thiocarbonyl (C=S) groups is 1. The van der Waals surface area contributed by atoms with Crippen molar-refractivity contribution in [3.63, 3.8) is 0 Å². The molecule has 0 aromatic carbocycles. The number of hydrogen-bond acceptors (Lipinski definition) is 1. The van der Waals surface area contributed by atoms with E-state index in [2.05, 4.69) is 31.4 Å². The lowest BCUT2D eigenvalue weighted by Crippen LogP contribution is -2.50. The van der Waals surface area contributed by atoms with Crippen LogP contribution in [0.15, 0.2) is 0 Å². The lowest BCUT2D eigenvalue weighted by Gasteiger charge is -2.39. The van der Waals surface area contributed by atoms with Crippen molar-refractivity contribution in [3.05, 3.63) is 0 Å². The fourth-order valence-electron chi connectivity index (χ4n) is 2.35. The lowest BCUT2D eigenvalue weighted by atomic mass is 9.73. The molecule has 0 heterocycles. The van der Waals surface area contributed by atoms with Crippen LogP contribution in [0.2, 0.25) is 0 Å². The van der Waals surface area contributed by atoms with E-state index in [1.165, 1.54) is 38.5 Å². The maximum atomic E-state index is 5.33. The second kappa shape index (κ2) is 6.43. The van der Waals surface area contributed by atoms with Gasteiger partial charge in [0.15, 0.2) is 5.11 Å². The first-order valence-electron chi connectivity index (χ1n) is 6.60. The van der Waals surface area contributed by atoms with Crippen molar-refractivity contribution < 1.29 is 0 Å². The van der Waals surface area contributed by atoms with E-state index in [1.807, 2.05) is 0 Å². The van der Waals surface area contributed by atoms with Crippen LogP contribution < -0.4 is 10.6 Å². The molecule has 94 valence electrons. The Bertz CT molecular complexity index is 226. The highest BCUT2D eigenvalue weighted by molar-refractivity contribution is 7.80. The lowest BCUT2D eigenvalue weighted by molar-refractivity contribution is 0.185. The van der Waals surface area contributed by atoms with E-state index in [-0.39, 0.29) is 0 Å². The average molecular weight is 242 g/mol. The van der Waals surface area contributed by atoms with Gasteiger partial charge in [-0.3, -0.25) is 0 Å². The van der Waals surface area contributed by atoms with E-state index in [4.69, 9.17) is 12.2 Å². The van der Waals surface area contributed by atoms with Gasteiger partial charge < -0.3 is 10.6 Å². The van der Waals surface area contributed by atoms with Gasteiger partial charge in [-0.1, -0.05) is 40.0 Å². The van der Waals surface area contributed by atoms with E-state index in [1.54, 1.807) is 0 Å². The van der Waals surface area contributed by atoms with Gasteiger partial charge in [-0.05, 0) is 36.9 Å². The second-order valence-electron chi connectivity index (χ2n) is 5.54. The van der Waals surface area contributed by atoms with Gasteiger partial charge in [-0.2, -0.15) is 0 Å². The van der Waals surface area contributed by atoms with Crippen LogP contribution >= 0.6 is 12.2 Å². The van der Waals surface area contributed by atoms with Crippen molar-refractivity contribution in [3.8, 4) is 0 Å². The second-order valence-corrected chi connectivity index (χ2v) is 5.95. The van der Waals surface area contributed by atoms with Gasteiger partial charge in [0.2, 0.25) is 0 Å². The molecule has 0 aromatic rings. The molecule has 1 aliphatic carbocycles. The summed E-state index contributed by atoms with van der Waals surface area (Å²) >= 11 is 5.33. The van der Waals surface area contributed by atoms with Crippen LogP contribution in [0.25, 0.3) is 0 Å². The summed E-state index contributed by atoms with van der Waals surface area (Å²) in [4.78, 5) is 0. The molecule has 0 amide bonds. The van der Waals surface area contributed by atoms with Gasteiger partial charge >= 0.3 is 0 Å². The topological polar surface area (TPSA) is 24.1 Å².